The second kappa shape index (κ2) is 5.60. The molecule has 2 heterocycles. The zero-order valence-corrected chi connectivity index (χ0v) is 13.5. The fourth-order valence-electron chi connectivity index (χ4n) is 2.47. The third kappa shape index (κ3) is 3.15. The Balaban J connectivity index is 1.69. The molecule has 2 aromatic heterocycles. The Morgan fingerprint density at radius 1 is 1.38 bits per heavy atom. The lowest BCUT2D eigenvalue weighted by molar-refractivity contribution is -0.119. The van der Waals surface area contributed by atoms with Crippen LogP contribution >= 0.6 is 11.3 Å². The molecule has 0 spiro atoms. The van der Waals surface area contributed by atoms with Crippen molar-refractivity contribution in [3.63, 3.8) is 0 Å². The van der Waals surface area contributed by atoms with Crippen LogP contribution in [0.5, 0.6) is 0 Å². The van der Waals surface area contributed by atoms with Gasteiger partial charge in [0.25, 0.3) is 0 Å². The molecule has 2 aromatic rings. The molecule has 1 aliphatic carbocycles. The molecule has 1 amide bonds. The summed E-state index contributed by atoms with van der Waals surface area (Å²) in [6, 6.07) is 2.39. The summed E-state index contributed by atoms with van der Waals surface area (Å²) < 4.78 is 1.91. The van der Waals surface area contributed by atoms with E-state index < -0.39 is 0 Å². The van der Waals surface area contributed by atoms with E-state index in [0.717, 1.165) is 35.1 Å². The first-order valence-corrected chi connectivity index (χ1v) is 8.18. The van der Waals surface area contributed by atoms with Crippen LogP contribution in [0.4, 0.5) is 5.13 Å². The largest absolute Gasteiger partial charge is 0.285 e. The minimum atomic E-state index is 0.152. The average molecular weight is 304 g/mol. The van der Waals surface area contributed by atoms with Crippen LogP contribution in [0.3, 0.4) is 0 Å². The normalized spacial score (nSPS) is 14.4. The molecule has 0 saturated heterocycles. The lowest BCUT2D eigenvalue weighted by Gasteiger charge is -2.19. The number of nitrogens with zero attached hydrogens (tertiary/aromatic N) is 4. The monoisotopic (exact) mass is 304 g/mol. The Morgan fingerprint density at radius 3 is 2.67 bits per heavy atom. The van der Waals surface area contributed by atoms with Gasteiger partial charge >= 0.3 is 0 Å². The summed E-state index contributed by atoms with van der Waals surface area (Å²) in [6.45, 7) is 6.59. The zero-order chi connectivity index (χ0) is 15.0. The number of hydrogen-bond donors (Lipinski definition) is 0. The fourth-order valence-corrected chi connectivity index (χ4v) is 3.36. The van der Waals surface area contributed by atoms with Crippen molar-refractivity contribution in [3.05, 3.63) is 28.5 Å². The highest BCUT2D eigenvalue weighted by Gasteiger charge is 2.35. The third-order valence-corrected chi connectivity index (χ3v) is 4.59. The van der Waals surface area contributed by atoms with Crippen LogP contribution in [-0.2, 0) is 11.3 Å². The standard InChI is InChI=1S/C15H20N4OS/c1-10-8-12(3)18(17-10)7-6-14(20)19(13-4-5-13)15-16-11(2)9-21-15/h8-9,13H,4-7H2,1-3H3. The number of anilines is 1. The van der Waals surface area contributed by atoms with Crippen LogP contribution in [0.2, 0.25) is 0 Å². The van der Waals surface area contributed by atoms with Gasteiger partial charge in [-0.1, -0.05) is 0 Å². The van der Waals surface area contributed by atoms with Gasteiger partial charge in [-0.3, -0.25) is 14.4 Å². The van der Waals surface area contributed by atoms with Crippen molar-refractivity contribution >= 4 is 22.4 Å². The summed E-state index contributed by atoms with van der Waals surface area (Å²) >= 11 is 1.55. The summed E-state index contributed by atoms with van der Waals surface area (Å²) in [6.07, 6.45) is 2.64. The second-order valence-electron chi connectivity index (χ2n) is 5.67. The smallest absolute Gasteiger partial charge is 0.230 e. The van der Waals surface area contributed by atoms with Crippen molar-refractivity contribution < 1.29 is 4.79 Å². The summed E-state index contributed by atoms with van der Waals surface area (Å²) in [7, 11) is 0. The first-order chi connectivity index (χ1) is 10.0. The van der Waals surface area contributed by atoms with E-state index in [9.17, 15) is 4.79 Å². The minimum absolute atomic E-state index is 0.152. The molecule has 5 nitrogen and oxygen atoms in total. The highest BCUT2D eigenvalue weighted by Crippen LogP contribution is 2.34. The molecule has 0 aliphatic heterocycles. The summed E-state index contributed by atoms with van der Waals surface area (Å²) in [5.74, 6) is 0.152. The molecule has 1 saturated carbocycles. The first kappa shape index (κ1) is 14.3. The van der Waals surface area contributed by atoms with E-state index >= 15 is 0 Å². The van der Waals surface area contributed by atoms with E-state index in [1.54, 1.807) is 11.3 Å². The fraction of sp³-hybridized carbons (Fsp3) is 0.533. The molecule has 0 bridgehead atoms. The van der Waals surface area contributed by atoms with E-state index in [2.05, 4.69) is 10.1 Å². The maximum atomic E-state index is 12.6. The predicted octanol–water partition coefficient (Wildman–Crippen LogP) is 2.85. The molecular weight excluding hydrogens is 284 g/mol. The number of rotatable bonds is 5. The van der Waals surface area contributed by atoms with Crippen LogP contribution in [0.1, 0.15) is 36.3 Å². The van der Waals surface area contributed by atoms with Crippen LogP contribution in [-0.4, -0.2) is 26.7 Å². The molecule has 21 heavy (non-hydrogen) atoms. The molecule has 112 valence electrons. The number of carbonyl (C=O) groups is 1. The molecule has 0 radical (unpaired) electrons. The maximum Gasteiger partial charge on any atom is 0.230 e. The SMILES string of the molecule is Cc1csc(N(C(=O)CCn2nc(C)cc2C)C2CC2)n1. The van der Waals surface area contributed by atoms with Gasteiger partial charge in [-0.2, -0.15) is 5.10 Å². The van der Waals surface area contributed by atoms with Gasteiger partial charge < -0.3 is 0 Å². The molecule has 1 aliphatic rings. The van der Waals surface area contributed by atoms with Crippen molar-refractivity contribution in [2.24, 2.45) is 0 Å². The Kier molecular flexibility index (Phi) is 3.80. The Bertz CT molecular complexity index is 656. The molecule has 0 N–H and O–H groups in total. The van der Waals surface area contributed by atoms with Crippen LogP contribution in [0.15, 0.2) is 11.4 Å². The maximum absolute atomic E-state index is 12.6. The van der Waals surface area contributed by atoms with E-state index in [-0.39, 0.29) is 5.91 Å². The van der Waals surface area contributed by atoms with Crippen molar-refractivity contribution in [2.45, 2.75) is 52.6 Å². The zero-order valence-electron chi connectivity index (χ0n) is 12.7. The average Bonchev–Trinajstić information content (AvgIpc) is 3.08. The lowest BCUT2D eigenvalue weighted by Crippen LogP contribution is -2.33. The van der Waals surface area contributed by atoms with Crippen molar-refractivity contribution in [2.75, 3.05) is 4.90 Å². The number of carbonyl (C=O) groups excluding carboxylic acids is 1. The molecule has 3 rings (SSSR count). The van der Waals surface area contributed by atoms with E-state index in [4.69, 9.17) is 0 Å². The van der Waals surface area contributed by atoms with Gasteiger partial charge in [0.1, 0.15) is 0 Å². The van der Waals surface area contributed by atoms with Crippen molar-refractivity contribution in [1.82, 2.24) is 14.8 Å². The molecule has 0 aromatic carbocycles. The van der Waals surface area contributed by atoms with E-state index in [1.165, 1.54) is 0 Å². The van der Waals surface area contributed by atoms with Crippen molar-refractivity contribution in [1.29, 1.82) is 0 Å². The molecule has 0 unspecified atom stereocenters. The highest BCUT2D eigenvalue weighted by molar-refractivity contribution is 7.14. The van der Waals surface area contributed by atoms with Crippen molar-refractivity contribution in [3.8, 4) is 0 Å². The van der Waals surface area contributed by atoms with Gasteiger partial charge in [-0.05, 0) is 39.7 Å². The Morgan fingerprint density at radius 2 is 2.14 bits per heavy atom. The third-order valence-electron chi connectivity index (χ3n) is 3.63. The van der Waals surface area contributed by atoms with Crippen LogP contribution in [0, 0.1) is 20.8 Å². The van der Waals surface area contributed by atoms with E-state index in [1.807, 2.05) is 41.8 Å². The van der Waals surface area contributed by atoms with Crippen LogP contribution < -0.4 is 4.90 Å². The lowest BCUT2D eigenvalue weighted by atomic mass is 10.3. The number of thiazole rings is 1. The quantitative estimate of drug-likeness (QED) is 0.853. The second-order valence-corrected chi connectivity index (χ2v) is 6.50. The summed E-state index contributed by atoms with van der Waals surface area (Å²) in [4.78, 5) is 18.9. The van der Waals surface area contributed by atoms with E-state index in [0.29, 0.717) is 19.0 Å². The molecule has 6 heteroatoms. The number of aryl methyl sites for hydroxylation is 4. The topological polar surface area (TPSA) is 51.0 Å². The van der Waals surface area contributed by atoms with Gasteiger partial charge in [0, 0.05) is 30.1 Å². The predicted molar refractivity (Wildman–Crippen MR) is 83.7 cm³/mol. The number of aromatic nitrogens is 3. The minimum Gasteiger partial charge on any atom is -0.285 e. The summed E-state index contributed by atoms with van der Waals surface area (Å²) in [5.41, 5.74) is 3.07. The molecular formula is C15H20N4OS. The molecule has 0 atom stereocenters. The number of hydrogen-bond acceptors (Lipinski definition) is 4. The highest BCUT2D eigenvalue weighted by atomic mass is 32.1. The van der Waals surface area contributed by atoms with Gasteiger partial charge in [0.15, 0.2) is 5.13 Å². The Hall–Kier alpha value is -1.69. The van der Waals surface area contributed by atoms with Gasteiger partial charge in [0.2, 0.25) is 5.91 Å². The summed E-state index contributed by atoms with van der Waals surface area (Å²) in [5, 5.41) is 7.25. The number of amides is 1. The molecule has 1 fully saturated rings. The van der Waals surface area contributed by atoms with Gasteiger partial charge in [-0.25, -0.2) is 4.98 Å². The van der Waals surface area contributed by atoms with Gasteiger partial charge in [0.05, 0.1) is 11.4 Å². The first-order valence-electron chi connectivity index (χ1n) is 7.30. The Labute approximate surface area is 128 Å². The van der Waals surface area contributed by atoms with Gasteiger partial charge in [-0.15, -0.1) is 11.3 Å². The van der Waals surface area contributed by atoms with Crippen LogP contribution in [0.25, 0.3) is 0 Å².